The number of fused-ring (bicyclic) bond motifs is 1. The molecule has 3 aromatic rings. The maximum absolute atomic E-state index is 12.1. The van der Waals surface area contributed by atoms with Gasteiger partial charge in [0.05, 0.1) is 16.8 Å². The molecule has 0 bridgehead atoms. The number of nitrogen functional groups attached to an aromatic ring is 1. The number of nitrogens with two attached hydrogens (primary N) is 1. The fraction of sp³-hybridized carbons (Fsp3) is 0.200. The van der Waals surface area contributed by atoms with Crippen molar-refractivity contribution in [1.82, 2.24) is 10.4 Å². The van der Waals surface area contributed by atoms with Crippen LogP contribution >= 0.6 is 0 Å². The van der Waals surface area contributed by atoms with E-state index in [1.807, 2.05) is 24.3 Å². The Kier molecular flexibility index (Phi) is 4.58. The Hall–Kier alpha value is -2.72. The van der Waals surface area contributed by atoms with E-state index in [1.54, 1.807) is 6.07 Å². The van der Waals surface area contributed by atoms with Crippen LogP contribution < -0.4 is 11.3 Å². The van der Waals surface area contributed by atoms with Gasteiger partial charge in [-0.15, -0.1) is 0 Å². The monoisotopic (exact) mass is 319 g/mol. The van der Waals surface area contributed by atoms with Crippen molar-refractivity contribution < 1.29 is 4.79 Å². The van der Waals surface area contributed by atoms with Gasteiger partial charge in [-0.25, -0.2) is 10.8 Å². The molecular formula is C20H21N3O. The van der Waals surface area contributed by atoms with Gasteiger partial charge in [-0.3, -0.25) is 10.2 Å². The Labute approximate surface area is 141 Å². The molecule has 4 heteroatoms. The first kappa shape index (κ1) is 16.1. The minimum Gasteiger partial charge on any atom is -0.290 e. The molecule has 1 amide bonds. The number of benzene rings is 2. The maximum Gasteiger partial charge on any atom is 0.265 e. The molecule has 0 spiro atoms. The van der Waals surface area contributed by atoms with Crippen molar-refractivity contribution >= 4 is 16.8 Å². The normalized spacial score (nSPS) is 12.1. The topological polar surface area (TPSA) is 68.0 Å². The SMILES string of the molecule is CCC(C)c1ccc(-c2cc(C(=O)NN)c3ccccc3n2)cc1. The molecule has 0 radical (unpaired) electrons. The van der Waals surface area contributed by atoms with E-state index in [0.717, 1.165) is 28.6 Å². The van der Waals surface area contributed by atoms with Crippen LogP contribution in [0.4, 0.5) is 0 Å². The third kappa shape index (κ3) is 3.01. The number of carbonyl (C=O) groups is 1. The third-order valence-electron chi connectivity index (χ3n) is 4.48. The molecule has 0 aliphatic carbocycles. The highest BCUT2D eigenvalue weighted by molar-refractivity contribution is 6.06. The van der Waals surface area contributed by atoms with Gasteiger partial charge in [-0.05, 0) is 30.0 Å². The zero-order valence-electron chi connectivity index (χ0n) is 13.9. The lowest BCUT2D eigenvalue weighted by atomic mass is 9.96. The predicted molar refractivity (Wildman–Crippen MR) is 97.5 cm³/mol. The van der Waals surface area contributed by atoms with E-state index in [1.165, 1.54) is 5.56 Å². The molecule has 1 atom stereocenters. The van der Waals surface area contributed by atoms with Crippen molar-refractivity contribution in [3.8, 4) is 11.3 Å². The Balaban J connectivity index is 2.11. The van der Waals surface area contributed by atoms with Gasteiger partial charge in [0.1, 0.15) is 0 Å². The molecule has 1 aromatic heterocycles. The van der Waals surface area contributed by atoms with Crippen LogP contribution in [-0.4, -0.2) is 10.9 Å². The zero-order chi connectivity index (χ0) is 17.1. The Morgan fingerprint density at radius 3 is 2.54 bits per heavy atom. The lowest BCUT2D eigenvalue weighted by molar-refractivity contribution is 0.0955. The summed E-state index contributed by atoms with van der Waals surface area (Å²) in [5.41, 5.74) is 6.59. The average molecular weight is 319 g/mol. The lowest BCUT2D eigenvalue weighted by Crippen LogP contribution is -2.30. The minimum atomic E-state index is -0.314. The van der Waals surface area contributed by atoms with E-state index < -0.39 is 0 Å². The molecule has 0 saturated heterocycles. The number of hydrogen-bond donors (Lipinski definition) is 2. The highest BCUT2D eigenvalue weighted by atomic mass is 16.2. The van der Waals surface area contributed by atoms with Gasteiger partial charge >= 0.3 is 0 Å². The summed E-state index contributed by atoms with van der Waals surface area (Å²) < 4.78 is 0. The number of amides is 1. The van der Waals surface area contributed by atoms with Gasteiger partial charge in [0, 0.05) is 10.9 Å². The second-order valence-electron chi connectivity index (χ2n) is 5.98. The highest BCUT2D eigenvalue weighted by Gasteiger charge is 2.13. The number of carbonyl (C=O) groups excluding carboxylic acids is 1. The molecular weight excluding hydrogens is 298 g/mol. The second-order valence-corrected chi connectivity index (χ2v) is 5.98. The largest absolute Gasteiger partial charge is 0.290 e. The first-order chi connectivity index (χ1) is 11.6. The quantitative estimate of drug-likeness (QED) is 0.433. The number of hydrogen-bond acceptors (Lipinski definition) is 3. The van der Waals surface area contributed by atoms with E-state index in [9.17, 15) is 4.79 Å². The van der Waals surface area contributed by atoms with E-state index >= 15 is 0 Å². The number of rotatable bonds is 4. The summed E-state index contributed by atoms with van der Waals surface area (Å²) >= 11 is 0. The van der Waals surface area contributed by atoms with Crippen molar-refractivity contribution in [3.63, 3.8) is 0 Å². The third-order valence-corrected chi connectivity index (χ3v) is 4.48. The number of hydrazine groups is 1. The molecule has 3 rings (SSSR count). The average Bonchev–Trinajstić information content (AvgIpc) is 2.66. The van der Waals surface area contributed by atoms with Gasteiger partial charge in [0.25, 0.3) is 5.91 Å². The van der Waals surface area contributed by atoms with Crippen LogP contribution in [-0.2, 0) is 0 Å². The summed E-state index contributed by atoms with van der Waals surface area (Å²) in [6.07, 6.45) is 1.11. The first-order valence-corrected chi connectivity index (χ1v) is 8.15. The molecule has 3 N–H and O–H groups in total. The van der Waals surface area contributed by atoms with Gasteiger partial charge in [0.15, 0.2) is 0 Å². The minimum absolute atomic E-state index is 0.314. The fourth-order valence-electron chi connectivity index (χ4n) is 2.81. The number of nitrogens with zero attached hydrogens (tertiary/aromatic N) is 1. The van der Waals surface area contributed by atoms with E-state index in [0.29, 0.717) is 11.5 Å². The zero-order valence-corrected chi connectivity index (χ0v) is 13.9. The van der Waals surface area contributed by atoms with Crippen molar-refractivity contribution in [2.75, 3.05) is 0 Å². The van der Waals surface area contributed by atoms with Crippen LogP contribution in [0.1, 0.15) is 42.1 Å². The first-order valence-electron chi connectivity index (χ1n) is 8.15. The van der Waals surface area contributed by atoms with Crippen LogP contribution in [0.15, 0.2) is 54.6 Å². The van der Waals surface area contributed by atoms with Gasteiger partial charge in [-0.2, -0.15) is 0 Å². The summed E-state index contributed by atoms with van der Waals surface area (Å²) in [5.74, 6) is 5.55. The predicted octanol–water partition coefficient (Wildman–Crippen LogP) is 4.02. The summed E-state index contributed by atoms with van der Waals surface area (Å²) in [6.45, 7) is 4.40. The molecule has 122 valence electrons. The van der Waals surface area contributed by atoms with Gasteiger partial charge in [-0.1, -0.05) is 56.3 Å². The van der Waals surface area contributed by atoms with Crippen molar-refractivity contribution in [3.05, 3.63) is 65.7 Å². The van der Waals surface area contributed by atoms with Crippen LogP contribution in [0.5, 0.6) is 0 Å². The van der Waals surface area contributed by atoms with E-state index in [-0.39, 0.29) is 5.91 Å². The number of pyridine rings is 1. The number of para-hydroxylation sites is 1. The van der Waals surface area contributed by atoms with Crippen molar-refractivity contribution in [2.45, 2.75) is 26.2 Å². The molecule has 1 unspecified atom stereocenters. The summed E-state index contributed by atoms with van der Waals surface area (Å²) in [4.78, 5) is 16.8. The molecule has 0 saturated carbocycles. The number of aromatic nitrogens is 1. The Morgan fingerprint density at radius 2 is 1.88 bits per heavy atom. The van der Waals surface area contributed by atoms with Crippen molar-refractivity contribution in [2.24, 2.45) is 5.84 Å². The highest BCUT2D eigenvalue weighted by Crippen LogP contribution is 2.27. The smallest absolute Gasteiger partial charge is 0.265 e. The van der Waals surface area contributed by atoms with E-state index in [4.69, 9.17) is 10.8 Å². The molecule has 2 aromatic carbocycles. The Bertz CT molecular complexity index is 872. The molecule has 24 heavy (non-hydrogen) atoms. The Morgan fingerprint density at radius 1 is 1.17 bits per heavy atom. The lowest BCUT2D eigenvalue weighted by Gasteiger charge is -2.11. The van der Waals surface area contributed by atoms with Crippen LogP contribution in [0.2, 0.25) is 0 Å². The van der Waals surface area contributed by atoms with Gasteiger partial charge < -0.3 is 0 Å². The summed E-state index contributed by atoms with van der Waals surface area (Å²) in [5, 5.41) is 0.792. The van der Waals surface area contributed by atoms with Crippen LogP contribution in [0.25, 0.3) is 22.2 Å². The number of nitrogens with one attached hydrogen (secondary N) is 1. The summed E-state index contributed by atoms with van der Waals surface area (Å²) in [6, 6.07) is 17.7. The summed E-state index contributed by atoms with van der Waals surface area (Å²) in [7, 11) is 0. The second kappa shape index (κ2) is 6.81. The standard InChI is InChI=1S/C20H21N3O/c1-3-13(2)14-8-10-15(11-9-14)19-12-17(20(24)23-21)16-6-4-5-7-18(16)22-19/h4-13H,3,21H2,1-2H3,(H,23,24). The molecule has 4 nitrogen and oxygen atoms in total. The maximum atomic E-state index is 12.1. The fourth-order valence-corrected chi connectivity index (χ4v) is 2.81. The molecule has 1 heterocycles. The molecule has 0 fully saturated rings. The molecule has 0 aliphatic rings. The van der Waals surface area contributed by atoms with E-state index in [2.05, 4.69) is 43.5 Å². The van der Waals surface area contributed by atoms with Gasteiger partial charge in [0.2, 0.25) is 0 Å². The van der Waals surface area contributed by atoms with Crippen LogP contribution in [0, 0.1) is 0 Å². The molecule has 0 aliphatic heterocycles. The van der Waals surface area contributed by atoms with Crippen LogP contribution in [0.3, 0.4) is 0 Å². The van der Waals surface area contributed by atoms with Crippen molar-refractivity contribution in [1.29, 1.82) is 0 Å².